The highest BCUT2D eigenvalue weighted by Crippen LogP contribution is 2.27. The number of carbonyl (C=O) groups excluding carboxylic acids is 1. The van der Waals surface area contributed by atoms with Crippen LogP contribution in [0, 0.1) is 0 Å². The lowest BCUT2D eigenvalue weighted by molar-refractivity contribution is -0.145. The monoisotopic (exact) mass is 351 g/mol. The Labute approximate surface area is 132 Å². The van der Waals surface area contributed by atoms with Crippen molar-refractivity contribution in [2.45, 2.75) is 32.2 Å². The van der Waals surface area contributed by atoms with E-state index in [1.54, 1.807) is 12.4 Å². The number of halogens is 1. The van der Waals surface area contributed by atoms with Gasteiger partial charge in [0, 0.05) is 16.9 Å². The van der Waals surface area contributed by atoms with Crippen molar-refractivity contribution in [3.63, 3.8) is 0 Å². The maximum absolute atomic E-state index is 12.1. The number of rotatable bonds is 5. The van der Waals surface area contributed by atoms with Gasteiger partial charge >= 0.3 is 5.97 Å². The molecule has 2 rings (SSSR count). The van der Waals surface area contributed by atoms with Gasteiger partial charge in [0.1, 0.15) is 11.1 Å². The second-order valence-corrected chi connectivity index (χ2v) is 5.99. The fraction of sp³-hybridized carbons (Fsp3) is 0.400. The van der Waals surface area contributed by atoms with Gasteiger partial charge in [-0.15, -0.1) is 0 Å². The van der Waals surface area contributed by atoms with Crippen LogP contribution in [0.4, 0.5) is 5.69 Å². The Morgan fingerprint density at radius 2 is 2.24 bits per heavy atom. The third-order valence-electron chi connectivity index (χ3n) is 3.34. The highest BCUT2D eigenvalue weighted by atomic mass is 79.9. The van der Waals surface area contributed by atoms with Crippen LogP contribution in [-0.4, -0.2) is 28.6 Å². The molecule has 0 spiro atoms. The number of aromatic nitrogens is 2. The summed E-state index contributed by atoms with van der Waals surface area (Å²) in [7, 11) is 1.40. The third kappa shape index (κ3) is 3.32. The number of anilines is 1. The maximum atomic E-state index is 12.1. The summed E-state index contributed by atoms with van der Waals surface area (Å²) in [5, 5.41) is 3.28. The predicted octanol–water partition coefficient (Wildman–Crippen LogP) is 3.54. The molecule has 21 heavy (non-hydrogen) atoms. The van der Waals surface area contributed by atoms with Crippen molar-refractivity contribution < 1.29 is 9.53 Å². The Bertz CT molecular complexity index is 662. The SMILES string of the molecule is CCCC(C)(Nc1ccnc2cc(Br)cnc12)C(=O)OC. The van der Waals surface area contributed by atoms with Gasteiger partial charge in [0.05, 0.1) is 18.3 Å². The molecule has 112 valence electrons. The second kappa shape index (κ2) is 6.39. The van der Waals surface area contributed by atoms with Crippen LogP contribution in [0.3, 0.4) is 0 Å². The lowest BCUT2D eigenvalue weighted by atomic mass is 9.95. The molecule has 6 heteroatoms. The van der Waals surface area contributed by atoms with Crippen molar-refractivity contribution in [3.8, 4) is 0 Å². The number of hydrogen-bond donors (Lipinski definition) is 1. The molecule has 5 nitrogen and oxygen atoms in total. The zero-order chi connectivity index (χ0) is 15.5. The molecule has 1 N–H and O–H groups in total. The first kappa shape index (κ1) is 15.7. The van der Waals surface area contributed by atoms with Gasteiger partial charge in [-0.2, -0.15) is 0 Å². The summed E-state index contributed by atoms with van der Waals surface area (Å²) in [4.78, 5) is 20.8. The lowest BCUT2D eigenvalue weighted by Gasteiger charge is -2.29. The summed E-state index contributed by atoms with van der Waals surface area (Å²) in [5.74, 6) is -0.286. The Hall–Kier alpha value is -1.69. The summed E-state index contributed by atoms with van der Waals surface area (Å²) in [6.45, 7) is 3.87. The number of pyridine rings is 2. The van der Waals surface area contributed by atoms with Crippen LogP contribution < -0.4 is 5.32 Å². The minimum Gasteiger partial charge on any atom is -0.467 e. The Balaban J connectivity index is 2.44. The minimum atomic E-state index is -0.785. The molecule has 0 fully saturated rings. The normalized spacial score (nSPS) is 13.7. The zero-order valence-corrected chi connectivity index (χ0v) is 13.9. The van der Waals surface area contributed by atoms with E-state index < -0.39 is 5.54 Å². The number of methoxy groups -OCH3 is 1. The zero-order valence-electron chi connectivity index (χ0n) is 12.3. The third-order valence-corrected chi connectivity index (χ3v) is 3.77. The fourth-order valence-electron chi connectivity index (χ4n) is 2.34. The van der Waals surface area contributed by atoms with Crippen LogP contribution >= 0.6 is 15.9 Å². The van der Waals surface area contributed by atoms with Crippen molar-refractivity contribution in [2.75, 3.05) is 12.4 Å². The van der Waals surface area contributed by atoms with Crippen molar-refractivity contribution in [1.29, 1.82) is 0 Å². The number of hydrogen-bond acceptors (Lipinski definition) is 5. The van der Waals surface area contributed by atoms with Crippen molar-refractivity contribution in [2.24, 2.45) is 0 Å². The van der Waals surface area contributed by atoms with Crippen molar-refractivity contribution in [3.05, 3.63) is 29.0 Å². The van der Waals surface area contributed by atoms with E-state index in [1.165, 1.54) is 7.11 Å². The molecule has 1 atom stereocenters. The molecule has 0 saturated carbocycles. The molecule has 0 amide bonds. The quantitative estimate of drug-likeness (QED) is 0.834. The number of ether oxygens (including phenoxy) is 1. The van der Waals surface area contributed by atoms with Gasteiger partial charge in [0.15, 0.2) is 0 Å². The van der Waals surface area contributed by atoms with Crippen LogP contribution in [0.15, 0.2) is 29.0 Å². The van der Waals surface area contributed by atoms with E-state index in [0.717, 1.165) is 27.6 Å². The van der Waals surface area contributed by atoms with Crippen LogP contribution in [0.2, 0.25) is 0 Å². The molecule has 0 radical (unpaired) electrons. The van der Waals surface area contributed by atoms with E-state index in [4.69, 9.17) is 4.74 Å². The molecule has 1 unspecified atom stereocenters. The van der Waals surface area contributed by atoms with Gasteiger partial charge < -0.3 is 10.1 Å². The van der Waals surface area contributed by atoms with E-state index in [2.05, 4.69) is 31.2 Å². The summed E-state index contributed by atoms with van der Waals surface area (Å²) in [6, 6.07) is 3.71. The number of carbonyl (C=O) groups is 1. The highest BCUT2D eigenvalue weighted by Gasteiger charge is 2.33. The summed E-state index contributed by atoms with van der Waals surface area (Å²) in [6.07, 6.45) is 4.94. The summed E-state index contributed by atoms with van der Waals surface area (Å²) < 4.78 is 5.79. The molecule has 2 heterocycles. The maximum Gasteiger partial charge on any atom is 0.331 e. The number of nitrogens with one attached hydrogen (secondary N) is 1. The van der Waals surface area contributed by atoms with Crippen molar-refractivity contribution >= 4 is 38.6 Å². The molecule has 0 aliphatic heterocycles. The molecule has 0 aromatic carbocycles. The molecule has 2 aromatic rings. The first-order chi connectivity index (χ1) is 10.00. The Morgan fingerprint density at radius 3 is 2.90 bits per heavy atom. The van der Waals surface area contributed by atoms with Crippen LogP contribution in [0.25, 0.3) is 11.0 Å². The largest absolute Gasteiger partial charge is 0.467 e. The van der Waals surface area contributed by atoms with Gasteiger partial charge in [-0.3, -0.25) is 9.97 Å². The van der Waals surface area contributed by atoms with Gasteiger partial charge in [-0.05, 0) is 41.4 Å². The van der Waals surface area contributed by atoms with E-state index in [1.807, 2.05) is 26.0 Å². The smallest absolute Gasteiger partial charge is 0.331 e. The first-order valence-corrected chi connectivity index (χ1v) is 7.56. The lowest BCUT2D eigenvalue weighted by Crippen LogP contribution is -2.44. The molecular weight excluding hydrogens is 334 g/mol. The molecular formula is C15H18BrN3O2. The predicted molar refractivity (Wildman–Crippen MR) is 86.2 cm³/mol. The van der Waals surface area contributed by atoms with Gasteiger partial charge in [-0.25, -0.2) is 4.79 Å². The van der Waals surface area contributed by atoms with Gasteiger partial charge in [0.2, 0.25) is 0 Å². The summed E-state index contributed by atoms with van der Waals surface area (Å²) >= 11 is 3.38. The Morgan fingerprint density at radius 1 is 1.48 bits per heavy atom. The molecule has 0 aliphatic carbocycles. The molecule has 0 saturated heterocycles. The topological polar surface area (TPSA) is 64.1 Å². The van der Waals surface area contributed by atoms with Crippen molar-refractivity contribution in [1.82, 2.24) is 9.97 Å². The number of esters is 1. The van der Waals surface area contributed by atoms with E-state index >= 15 is 0 Å². The summed E-state index contributed by atoms with van der Waals surface area (Å²) in [5.41, 5.74) is 1.48. The Kier molecular flexibility index (Phi) is 4.77. The number of nitrogens with zero attached hydrogens (tertiary/aromatic N) is 2. The van der Waals surface area contributed by atoms with Gasteiger partial charge in [0.25, 0.3) is 0 Å². The minimum absolute atomic E-state index is 0.286. The number of fused-ring (bicyclic) bond motifs is 1. The average Bonchev–Trinajstić information content (AvgIpc) is 2.46. The average molecular weight is 352 g/mol. The second-order valence-electron chi connectivity index (χ2n) is 5.08. The molecule has 2 aromatic heterocycles. The standard InChI is InChI=1S/C15H18BrN3O2/c1-4-6-15(2,14(20)21-3)19-11-5-7-17-12-8-10(16)9-18-13(11)12/h5,7-9H,4,6H2,1-3H3,(H,17,19). The molecule has 0 aliphatic rings. The van der Waals surface area contributed by atoms with Gasteiger partial charge in [-0.1, -0.05) is 13.3 Å². The van der Waals surface area contributed by atoms with E-state index in [0.29, 0.717) is 6.42 Å². The fourth-order valence-corrected chi connectivity index (χ4v) is 2.66. The van der Waals surface area contributed by atoms with E-state index in [-0.39, 0.29) is 5.97 Å². The van der Waals surface area contributed by atoms with Crippen LogP contribution in [-0.2, 0) is 9.53 Å². The highest BCUT2D eigenvalue weighted by molar-refractivity contribution is 9.10. The first-order valence-electron chi connectivity index (χ1n) is 6.77. The van der Waals surface area contributed by atoms with E-state index in [9.17, 15) is 4.79 Å². The van der Waals surface area contributed by atoms with Crippen LogP contribution in [0.1, 0.15) is 26.7 Å². The van der Waals surface area contributed by atoms with Crippen LogP contribution in [0.5, 0.6) is 0 Å². The molecule has 0 bridgehead atoms.